The second kappa shape index (κ2) is 7.63. The molecule has 0 radical (unpaired) electrons. The van der Waals surface area contributed by atoms with Crippen molar-refractivity contribution in [3.63, 3.8) is 0 Å². The van der Waals surface area contributed by atoms with Gasteiger partial charge in [0.15, 0.2) is 5.76 Å². The summed E-state index contributed by atoms with van der Waals surface area (Å²) in [5.41, 5.74) is 4.33. The van der Waals surface area contributed by atoms with E-state index in [0.29, 0.717) is 31.6 Å². The average Bonchev–Trinajstić information content (AvgIpc) is 2.71. The number of hydrogen-bond donors (Lipinski definition) is 0. The smallest absolute Gasteiger partial charge is 0.207 e. The van der Waals surface area contributed by atoms with Gasteiger partial charge in [-0.15, -0.1) is 0 Å². The van der Waals surface area contributed by atoms with Gasteiger partial charge in [0.25, 0.3) is 0 Å². The van der Waals surface area contributed by atoms with Gasteiger partial charge in [-0.3, -0.25) is 4.79 Å². The Hall–Kier alpha value is -1.88. The van der Waals surface area contributed by atoms with Crippen LogP contribution in [-0.4, -0.2) is 0 Å². The molecule has 0 amide bonds. The van der Waals surface area contributed by atoms with E-state index in [-0.39, 0.29) is 5.43 Å². The molecule has 0 aliphatic heterocycles. The summed E-state index contributed by atoms with van der Waals surface area (Å²) in [6.45, 7) is 0. The molecule has 5 heteroatoms. The molecule has 4 aromatic rings. The maximum Gasteiger partial charge on any atom is 0.207 e. The van der Waals surface area contributed by atoms with Crippen LogP contribution in [0.5, 0.6) is 0 Å². The molecule has 27 heavy (non-hydrogen) atoms. The predicted molar refractivity (Wildman–Crippen MR) is 119 cm³/mol. The lowest BCUT2D eigenvalue weighted by Gasteiger charge is -2.09. The molecule has 0 N–H and O–H groups in total. The Kier molecular flexibility index (Phi) is 5.22. The van der Waals surface area contributed by atoms with Crippen LogP contribution in [0.15, 0.2) is 80.4 Å². The summed E-state index contributed by atoms with van der Waals surface area (Å²) in [4.78, 5) is 12.8. The molecule has 0 spiro atoms. The van der Waals surface area contributed by atoms with Crippen LogP contribution in [0.2, 0.25) is 5.02 Å². The molecule has 0 aliphatic carbocycles. The number of rotatable bonds is 3. The van der Waals surface area contributed by atoms with Crippen LogP contribution < -0.4 is 5.43 Å². The highest BCUT2D eigenvalue weighted by Crippen LogP contribution is 2.33. The fourth-order valence-corrected chi connectivity index (χ4v) is 4.35. The molecule has 0 unspecified atom stereocenters. The standard InChI is InChI=1S/C22H13Br2ClO2/c23-12-16-10-19-17(11-18(16)25)21(26)20(24)22(27-19)15-8-6-14(7-9-15)13-4-2-1-3-5-13/h1-11H,12H2. The third kappa shape index (κ3) is 3.49. The molecule has 0 bridgehead atoms. The zero-order chi connectivity index (χ0) is 19.0. The summed E-state index contributed by atoms with van der Waals surface area (Å²) in [5.74, 6) is 0.509. The molecule has 0 aliphatic rings. The molecule has 134 valence electrons. The molecule has 0 fully saturated rings. The number of halogens is 3. The van der Waals surface area contributed by atoms with Crippen molar-refractivity contribution >= 4 is 54.4 Å². The van der Waals surface area contributed by atoms with Gasteiger partial charge < -0.3 is 4.42 Å². The molecule has 1 heterocycles. The topological polar surface area (TPSA) is 30.2 Å². The Morgan fingerprint density at radius 3 is 2.19 bits per heavy atom. The van der Waals surface area contributed by atoms with Crippen LogP contribution in [0.1, 0.15) is 5.56 Å². The van der Waals surface area contributed by atoms with Crippen LogP contribution in [0.3, 0.4) is 0 Å². The van der Waals surface area contributed by atoms with Gasteiger partial charge in [0, 0.05) is 15.9 Å². The highest BCUT2D eigenvalue weighted by atomic mass is 79.9. The maximum atomic E-state index is 12.8. The van der Waals surface area contributed by atoms with Gasteiger partial charge in [-0.25, -0.2) is 0 Å². The lowest BCUT2D eigenvalue weighted by Crippen LogP contribution is -2.04. The predicted octanol–water partition coefficient (Wildman–Crippen LogP) is 7.44. The van der Waals surface area contributed by atoms with E-state index in [2.05, 4.69) is 44.0 Å². The molecule has 0 saturated heterocycles. The zero-order valence-corrected chi connectivity index (χ0v) is 17.9. The first-order valence-corrected chi connectivity index (χ1v) is 10.5. The zero-order valence-electron chi connectivity index (χ0n) is 14.0. The quantitative estimate of drug-likeness (QED) is 0.272. The van der Waals surface area contributed by atoms with Crippen molar-refractivity contribution in [1.82, 2.24) is 0 Å². The van der Waals surface area contributed by atoms with Crippen molar-refractivity contribution in [1.29, 1.82) is 0 Å². The minimum absolute atomic E-state index is 0.138. The van der Waals surface area contributed by atoms with E-state index >= 15 is 0 Å². The lowest BCUT2D eigenvalue weighted by molar-refractivity contribution is 0.615. The normalized spacial score (nSPS) is 11.1. The third-order valence-corrected chi connectivity index (χ3v) is 6.08. The first-order chi connectivity index (χ1) is 13.1. The van der Waals surface area contributed by atoms with Crippen molar-refractivity contribution in [2.45, 2.75) is 5.33 Å². The van der Waals surface area contributed by atoms with Gasteiger partial charge >= 0.3 is 0 Å². The van der Waals surface area contributed by atoms with E-state index < -0.39 is 0 Å². The molecular formula is C22H13Br2ClO2. The fraction of sp³-hybridized carbons (Fsp3) is 0.0455. The largest absolute Gasteiger partial charge is 0.455 e. The van der Waals surface area contributed by atoms with Crippen LogP contribution >= 0.6 is 43.5 Å². The minimum Gasteiger partial charge on any atom is -0.455 e. The van der Waals surface area contributed by atoms with E-state index in [1.54, 1.807) is 6.07 Å². The Morgan fingerprint density at radius 2 is 1.52 bits per heavy atom. The van der Waals surface area contributed by atoms with E-state index in [4.69, 9.17) is 16.0 Å². The summed E-state index contributed by atoms with van der Waals surface area (Å²) < 4.78 is 6.47. The third-order valence-electron chi connectivity index (χ3n) is 4.40. The van der Waals surface area contributed by atoms with Crippen LogP contribution in [0, 0.1) is 0 Å². The number of hydrogen-bond acceptors (Lipinski definition) is 2. The van der Waals surface area contributed by atoms with Crippen LogP contribution in [-0.2, 0) is 5.33 Å². The van der Waals surface area contributed by atoms with Gasteiger partial charge in [0.05, 0.1) is 5.39 Å². The second-order valence-electron chi connectivity index (χ2n) is 6.09. The van der Waals surface area contributed by atoms with E-state index in [1.807, 2.05) is 48.5 Å². The van der Waals surface area contributed by atoms with Gasteiger partial charge in [-0.05, 0) is 44.8 Å². The molecule has 4 rings (SSSR count). The van der Waals surface area contributed by atoms with Gasteiger partial charge in [0.2, 0.25) is 5.43 Å². The SMILES string of the molecule is O=c1c(Br)c(-c2ccc(-c3ccccc3)cc2)oc2cc(CBr)c(Cl)cc12. The van der Waals surface area contributed by atoms with E-state index in [0.717, 1.165) is 22.3 Å². The average molecular weight is 505 g/mol. The van der Waals surface area contributed by atoms with Crippen molar-refractivity contribution in [2.24, 2.45) is 0 Å². The summed E-state index contributed by atoms with van der Waals surface area (Å²) in [6, 6.07) is 21.6. The van der Waals surface area contributed by atoms with Gasteiger partial charge in [0.1, 0.15) is 10.1 Å². The second-order valence-corrected chi connectivity index (χ2v) is 7.85. The molecule has 0 atom stereocenters. The Labute approximate surface area is 178 Å². The molecular weight excluding hydrogens is 492 g/mol. The van der Waals surface area contributed by atoms with Gasteiger partial charge in [-0.1, -0.05) is 82.1 Å². The van der Waals surface area contributed by atoms with Crippen LogP contribution in [0.4, 0.5) is 0 Å². The Morgan fingerprint density at radius 1 is 0.889 bits per heavy atom. The number of fused-ring (bicyclic) bond motifs is 1. The lowest BCUT2D eigenvalue weighted by atomic mass is 10.0. The maximum absolute atomic E-state index is 12.8. The van der Waals surface area contributed by atoms with Crippen molar-refractivity contribution in [3.05, 3.63) is 92.0 Å². The molecule has 1 aromatic heterocycles. The van der Waals surface area contributed by atoms with Crippen molar-refractivity contribution in [3.8, 4) is 22.5 Å². The Balaban J connectivity index is 1.85. The first kappa shape index (κ1) is 18.5. The summed E-state index contributed by atoms with van der Waals surface area (Å²) >= 11 is 13.0. The summed E-state index contributed by atoms with van der Waals surface area (Å²) in [6.07, 6.45) is 0. The molecule has 2 nitrogen and oxygen atoms in total. The summed E-state index contributed by atoms with van der Waals surface area (Å²) in [7, 11) is 0. The Bertz CT molecular complexity index is 1180. The molecule has 0 saturated carbocycles. The van der Waals surface area contributed by atoms with Crippen molar-refractivity contribution in [2.75, 3.05) is 0 Å². The highest BCUT2D eigenvalue weighted by molar-refractivity contribution is 9.10. The minimum atomic E-state index is -0.138. The van der Waals surface area contributed by atoms with E-state index in [1.165, 1.54) is 0 Å². The van der Waals surface area contributed by atoms with Gasteiger partial charge in [-0.2, -0.15) is 0 Å². The highest BCUT2D eigenvalue weighted by Gasteiger charge is 2.16. The number of alkyl halides is 1. The van der Waals surface area contributed by atoms with E-state index in [9.17, 15) is 4.79 Å². The monoisotopic (exact) mass is 502 g/mol. The van der Waals surface area contributed by atoms with Crippen molar-refractivity contribution < 1.29 is 4.42 Å². The fourth-order valence-electron chi connectivity index (χ4n) is 2.97. The summed E-state index contributed by atoms with van der Waals surface area (Å²) in [5, 5.41) is 1.59. The molecule has 3 aromatic carbocycles. The first-order valence-electron chi connectivity index (χ1n) is 8.25. The number of benzene rings is 3. The van der Waals surface area contributed by atoms with Crippen LogP contribution in [0.25, 0.3) is 33.4 Å².